The van der Waals surface area contributed by atoms with Crippen LogP contribution in [0, 0.1) is 13.8 Å². The van der Waals surface area contributed by atoms with E-state index < -0.39 is 0 Å². The minimum Gasteiger partial charge on any atom is -0.361 e. The largest absolute Gasteiger partial charge is 0.361 e. The third kappa shape index (κ3) is 3.06. The first-order valence-corrected chi connectivity index (χ1v) is 7.78. The Morgan fingerprint density at radius 3 is 2.67 bits per heavy atom. The highest BCUT2D eigenvalue weighted by Crippen LogP contribution is 2.28. The first kappa shape index (κ1) is 15.9. The fraction of sp³-hybridized carbons (Fsp3) is 0.211. The first-order chi connectivity index (χ1) is 11.6. The van der Waals surface area contributed by atoms with Crippen LogP contribution < -0.4 is 0 Å². The number of benzene rings is 1. The van der Waals surface area contributed by atoms with E-state index in [4.69, 9.17) is 4.52 Å². The molecule has 0 saturated heterocycles. The SMILES string of the molecule is C=Nc1cnn(Cc2ccccc2)c1/C=C(\C)c1c(C)noc1C. The van der Waals surface area contributed by atoms with Gasteiger partial charge in [-0.15, -0.1) is 0 Å². The zero-order valence-corrected chi connectivity index (χ0v) is 14.2. The number of aromatic nitrogens is 3. The maximum absolute atomic E-state index is 5.27. The van der Waals surface area contributed by atoms with Crippen molar-refractivity contribution in [1.29, 1.82) is 0 Å². The molecule has 0 amide bonds. The van der Waals surface area contributed by atoms with Gasteiger partial charge >= 0.3 is 0 Å². The van der Waals surface area contributed by atoms with E-state index >= 15 is 0 Å². The third-order valence-electron chi connectivity index (χ3n) is 3.99. The van der Waals surface area contributed by atoms with Crippen LogP contribution in [0.15, 0.2) is 46.0 Å². The molecule has 24 heavy (non-hydrogen) atoms. The highest BCUT2D eigenvalue weighted by atomic mass is 16.5. The summed E-state index contributed by atoms with van der Waals surface area (Å²) in [6.45, 7) is 10.2. The van der Waals surface area contributed by atoms with Crippen molar-refractivity contribution in [3.63, 3.8) is 0 Å². The lowest BCUT2D eigenvalue weighted by atomic mass is 10.0. The number of aryl methyl sites for hydroxylation is 2. The summed E-state index contributed by atoms with van der Waals surface area (Å²) in [6, 6.07) is 10.2. The number of allylic oxidation sites excluding steroid dienone is 1. The Hall–Kier alpha value is -2.95. The summed E-state index contributed by atoms with van der Waals surface area (Å²) in [5, 5.41) is 8.49. The lowest BCUT2D eigenvalue weighted by molar-refractivity contribution is 0.393. The van der Waals surface area contributed by atoms with Crippen molar-refractivity contribution >= 4 is 24.1 Å². The minimum atomic E-state index is 0.678. The molecule has 0 spiro atoms. The van der Waals surface area contributed by atoms with Crippen LogP contribution in [0.2, 0.25) is 0 Å². The van der Waals surface area contributed by atoms with Crippen LogP contribution >= 0.6 is 0 Å². The molecule has 0 aliphatic heterocycles. The second-order valence-corrected chi connectivity index (χ2v) is 5.74. The molecule has 0 atom stereocenters. The van der Waals surface area contributed by atoms with Crippen LogP contribution in [0.5, 0.6) is 0 Å². The minimum absolute atomic E-state index is 0.678. The van der Waals surface area contributed by atoms with Gasteiger partial charge in [-0.3, -0.25) is 9.67 Å². The summed E-state index contributed by atoms with van der Waals surface area (Å²) in [5.74, 6) is 0.809. The molecule has 2 heterocycles. The van der Waals surface area contributed by atoms with Crippen molar-refractivity contribution in [3.05, 3.63) is 64.8 Å². The van der Waals surface area contributed by atoms with Gasteiger partial charge in [-0.25, -0.2) is 0 Å². The molecule has 0 bridgehead atoms. The molecule has 0 fully saturated rings. The van der Waals surface area contributed by atoms with Crippen molar-refractivity contribution in [3.8, 4) is 0 Å². The maximum atomic E-state index is 5.27. The van der Waals surface area contributed by atoms with Gasteiger partial charge in [-0.2, -0.15) is 5.10 Å². The lowest BCUT2D eigenvalue weighted by Crippen LogP contribution is -2.03. The van der Waals surface area contributed by atoms with E-state index in [0.717, 1.165) is 34.0 Å². The summed E-state index contributed by atoms with van der Waals surface area (Å²) in [4.78, 5) is 4.10. The zero-order chi connectivity index (χ0) is 17.1. The number of rotatable bonds is 5. The third-order valence-corrected chi connectivity index (χ3v) is 3.99. The monoisotopic (exact) mass is 320 g/mol. The van der Waals surface area contributed by atoms with Crippen LogP contribution in [-0.2, 0) is 6.54 Å². The van der Waals surface area contributed by atoms with Crippen LogP contribution in [0.3, 0.4) is 0 Å². The van der Waals surface area contributed by atoms with E-state index in [-0.39, 0.29) is 0 Å². The highest BCUT2D eigenvalue weighted by Gasteiger charge is 2.14. The van der Waals surface area contributed by atoms with Crippen molar-refractivity contribution in [2.45, 2.75) is 27.3 Å². The summed E-state index contributed by atoms with van der Waals surface area (Å²) in [5.41, 5.74) is 5.83. The molecule has 122 valence electrons. The maximum Gasteiger partial charge on any atom is 0.141 e. The number of hydrogen-bond donors (Lipinski definition) is 0. The molecule has 3 rings (SSSR count). The molecule has 2 aromatic heterocycles. The Morgan fingerprint density at radius 2 is 2.04 bits per heavy atom. The molecular weight excluding hydrogens is 300 g/mol. The summed E-state index contributed by atoms with van der Waals surface area (Å²) < 4.78 is 7.20. The standard InChI is InChI=1S/C19H20N4O/c1-13(19-14(2)22-24-15(19)3)10-18-17(20-4)11-21-23(18)12-16-8-6-5-7-9-16/h5-11H,4,12H2,1-3H3/b13-10+. The van der Waals surface area contributed by atoms with Crippen molar-refractivity contribution in [2.24, 2.45) is 4.99 Å². The molecule has 5 heteroatoms. The molecule has 0 unspecified atom stereocenters. The molecule has 0 radical (unpaired) electrons. The number of hydrogen-bond acceptors (Lipinski definition) is 4. The van der Waals surface area contributed by atoms with Gasteiger partial charge < -0.3 is 4.52 Å². The summed E-state index contributed by atoms with van der Waals surface area (Å²) in [6.07, 6.45) is 3.80. The van der Waals surface area contributed by atoms with Crippen LogP contribution in [0.4, 0.5) is 5.69 Å². The normalized spacial score (nSPS) is 11.7. The number of nitrogens with zero attached hydrogens (tertiary/aromatic N) is 4. The van der Waals surface area contributed by atoms with Crippen LogP contribution in [0.1, 0.15) is 35.2 Å². The van der Waals surface area contributed by atoms with Crippen molar-refractivity contribution in [1.82, 2.24) is 14.9 Å². The molecule has 0 saturated carbocycles. The van der Waals surface area contributed by atoms with Crippen molar-refractivity contribution in [2.75, 3.05) is 0 Å². The van der Waals surface area contributed by atoms with Gasteiger partial charge in [0.2, 0.25) is 0 Å². The average Bonchev–Trinajstić information content (AvgIpc) is 3.11. The molecule has 0 N–H and O–H groups in total. The first-order valence-electron chi connectivity index (χ1n) is 7.78. The van der Waals surface area contributed by atoms with E-state index in [1.165, 1.54) is 5.56 Å². The van der Waals surface area contributed by atoms with Crippen molar-refractivity contribution < 1.29 is 4.52 Å². The highest BCUT2D eigenvalue weighted by molar-refractivity contribution is 5.83. The predicted octanol–water partition coefficient (Wildman–Crippen LogP) is 4.43. The Balaban J connectivity index is 2.02. The Bertz CT molecular complexity index is 868. The number of aliphatic imine (C=N–C) groups is 1. The van der Waals surface area contributed by atoms with E-state index in [9.17, 15) is 0 Å². The van der Waals surface area contributed by atoms with Gasteiger partial charge in [0, 0.05) is 5.56 Å². The van der Waals surface area contributed by atoms with Gasteiger partial charge in [0.1, 0.15) is 11.4 Å². The molecule has 5 nitrogen and oxygen atoms in total. The smallest absolute Gasteiger partial charge is 0.141 e. The van der Waals surface area contributed by atoms with E-state index in [0.29, 0.717) is 6.54 Å². The quantitative estimate of drug-likeness (QED) is 0.653. The molecule has 0 aliphatic rings. The molecule has 1 aromatic carbocycles. The van der Waals surface area contributed by atoms with Gasteiger partial charge in [-0.05, 0) is 44.7 Å². The van der Waals surface area contributed by atoms with E-state index in [1.807, 2.05) is 43.7 Å². The Kier molecular flexibility index (Phi) is 4.42. The Labute approximate surface area is 141 Å². The van der Waals surface area contributed by atoms with Gasteiger partial charge in [0.25, 0.3) is 0 Å². The molecular formula is C19H20N4O. The summed E-state index contributed by atoms with van der Waals surface area (Å²) >= 11 is 0. The summed E-state index contributed by atoms with van der Waals surface area (Å²) in [7, 11) is 0. The van der Waals surface area contributed by atoms with Gasteiger partial charge in [0.15, 0.2) is 0 Å². The molecule has 3 aromatic rings. The van der Waals surface area contributed by atoms with Crippen LogP contribution in [-0.4, -0.2) is 21.7 Å². The predicted molar refractivity (Wildman–Crippen MR) is 96.5 cm³/mol. The molecule has 0 aliphatic carbocycles. The van der Waals surface area contributed by atoms with Crippen LogP contribution in [0.25, 0.3) is 11.6 Å². The van der Waals surface area contributed by atoms with Gasteiger partial charge in [0.05, 0.1) is 24.1 Å². The lowest BCUT2D eigenvalue weighted by Gasteiger charge is -2.07. The topological polar surface area (TPSA) is 56.2 Å². The zero-order valence-electron chi connectivity index (χ0n) is 14.2. The Morgan fingerprint density at radius 1 is 1.29 bits per heavy atom. The van der Waals surface area contributed by atoms with Gasteiger partial charge in [-0.1, -0.05) is 35.5 Å². The second-order valence-electron chi connectivity index (χ2n) is 5.74. The second kappa shape index (κ2) is 6.66. The van der Waals surface area contributed by atoms with E-state index in [1.54, 1.807) is 6.20 Å². The van der Waals surface area contributed by atoms with E-state index in [2.05, 4.69) is 40.2 Å². The fourth-order valence-corrected chi connectivity index (χ4v) is 2.86. The fourth-order valence-electron chi connectivity index (χ4n) is 2.86. The average molecular weight is 320 g/mol.